The summed E-state index contributed by atoms with van der Waals surface area (Å²) in [4.78, 5) is 0. The van der Waals surface area contributed by atoms with Gasteiger partial charge in [0.25, 0.3) is 0 Å². The fraction of sp³-hybridized carbons (Fsp3) is 0.294. The van der Waals surface area contributed by atoms with Crippen molar-refractivity contribution >= 4 is 11.6 Å². The highest BCUT2D eigenvalue weighted by molar-refractivity contribution is 6.31. The quantitative estimate of drug-likeness (QED) is 0.919. The number of rotatable bonds is 3. The Morgan fingerprint density at radius 1 is 1.05 bits per heavy atom. The van der Waals surface area contributed by atoms with Crippen LogP contribution in [0.2, 0.25) is 5.02 Å². The van der Waals surface area contributed by atoms with Gasteiger partial charge in [-0.25, -0.2) is 0 Å². The Labute approximate surface area is 125 Å². The van der Waals surface area contributed by atoms with E-state index < -0.39 is 5.54 Å². The molecular formula is C17H20ClNO. The number of halogens is 1. The van der Waals surface area contributed by atoms with Crippen molar-refractivity contribution in [3.8, 4) is 5.75 Å². The van der Waals surface area contributed by atoms with Crippen molar-refractivity contribution in [2.24, 2.45) is 5.73 Å². The van der Waals surface area contributed by atoms with Crippen molar-refractivity contribution in [2.45, 2.75) is 26.3 Å². The lowest BCUT2D eigenvalue weighted by Gasteiger charge is -2.29. The number of benzene rings is 2. The van der Waals surface area contributed by atoms with E-state index in [0.717, 1.165) is 28.0 Å². The normalized spacial score (nSPS) is 13.9. The first-order valence-electron chi connectivity index (χ1n) is 6.57. The largest absolute Gasteiger partial charge is 0.496 e. The molecule has 0 saturated carbocycles. The van der Waals surface area contributed by atoms with E-state index in [4.69, 9.17) is 22.1 Å². The molecule has 0 heterocycles. The summed E-state index contributed by atoms with van der Waals surface area (Å²) in [6, 6.07) is 11.8. The van der Waals surface area contributed by atoms with Crippen molar-refractivity contribution in [3.05, 3.63) is 63.7 Å². The van der Waals surface area contributed by atoms with Gasteiger partial charge < -0.3 is 10.5 Å². The van der Waals surface area contributed by atoms with Crippen LogP contribution in [0.3, 0.4) is 0 Å². The lowest BCUT2D eigenvalue weighted by atomic mass is 9.82. The predicted molar refractivity (Wildman–Crippen MR) is 84.6 cm³/mol. The predicted octanol–water partition coefficient (Wildman–Crippen LogP) is 4.19. The van der Waals surface area contributed by atoms with Crippen LogP contribution in [-0.4, -0.2) is 7.11 Å². The average Bonchev–Trinajstić information content (AvgIpc) is 2.41. The molecule has 0 saturated heterocycles. The Bertz CT molecular complexity index is 635. The molecule has 2 N–H and O–H groups in total. The molecule has 0 aliphatic carbocycles. The molecule has 0 aliphatic rings. The van der Waals surface area contributed by atoms with Gasteiger partial charge in [0.1, 0.15) is 5.75 Å². The van der Waals surface area contributed by atoms with Crippen LogP contribution < -0.4 is 10.5 Å². The van der Waals surface area contributed by atoms with Crippen molar-refractivity contribution < 1.29 is 4.74 Å². The molecule has 0 aromatic heterocycles. The smallest absolute Gasteiger partial charge is 0.122 e. The van der Waals surface area contributed by atoms with E-state index in [2.05, 4.69) is 6.07 Å². The minimum atomic E-state index is -0.639. The van der Waals surface area contributed by atoms with Crippen LogP contribution in [0.5, 0.6) is 5.75 Å². The second kappa shape index (κ2) is 5.47. The van der Waals surface area contributed by atoms with Gasteiger partial charge in [-0.3, -0.25) is 0 Å². The summed E-state index contributed by atoms with van der Waals surface area (Å²) in [6.07, 6.45) is 0. The van der Waals surface area contributed by atoms with E-state index in [1.54, 1.807) is 7.11 Å². The number of ether oxygens (including phenoxy) is 1. The van der Waals surface area contributed by atoms with Crippen LogP contribution >= 0.6 is 11.6 Å². The molecule has 3 heteroatoms. The Kier molecular flexibility index (Phi) is 4.07. The Balaban J connectivity index is 2.61. The summed E-state index contributed by atoms with van der Waals surface area (Å²) in [5.41, 5.74) is 10.1. The van der Waals surface area contributed by atoms with Crippen LogP contribution in [-0.2, 0) is 5.54 Å². The van der Waals surface area contributed by atoms with Crippen LogP contribution in [0, 0.1) is 13.8 Å². The zero-order valence-corrected chi connectivity index (χ0v) is 13.1. The Morgan fingerprint density at radius 3 is 2.30 bits per heavy atom. The van der Waals surface area contributed by atoms with Crippen LogP contribution in [0.1, 0.15) is 29.2 Å². The van der Waals surface area contributed by atoms with E-state index in [9.17, 15) is 0 Å². The van der Waals surface area contributed by atoms with Gasteiger partial charge >= 0.3 is 0 Å². The maximum Gasteiger partial charge on any atom is 0.122 e. The molecule has 2 rings (SSSR count). The monoisotopic (exact) mass is 289 g/mol. The number of hydrogen-bond acceptors (Lipinski definition) is 2. The lowest BCUT2D eigenvalue weighted by molar-refractivity contribution is 0.410. The van der Waals surface area contributed by atoms with Crippen LogP contribution in [0.25, 0.3) is 0 Å². The molecular weight excluding hydrogens is 270 g/mol. The van der Waals surface area contributed by atoms with Crippen LogP contribution in [0.15, 0.2) is 36.4 Å². The first-order valence-corrected chi connectivity index (χ1v) is 6.95. The molecule has 0 radical (unpaired) electrons. The zero-order chi connectivity index (χ0) is 14.9. The minimum Gasteiger partial charge on any atom is -0.496 e. The van der Waals surface area contributed by atoms with E-state index in [1.165, 1.54) is 0 Å². The fourth-order valence-electron chi connectivity index (χ4n) is 2.60. The van der Waals surface area contributed by atoms with Crippen LogP contribution in [0.4, 0.5) is 0 Å². The average molecular weight is 290 g/mol. The van der Waals surface area contributed by atoms with E-state index in [0.29, 0.717) is 5.02 Å². The first-order chi connectivity index (χ1) is 9.37. The summed E-state index contributed by atoms with van der Waals surface area (Å²) in [7, 11) is 1.68. The summed E-state index contributed by atoms with van der Waals surface area (Å²) >= 11 is 6.30. The molecule has 1 unspecified atom stereocenters. The number of nitrogens with two attached hydrogens (primary N) is 1. The maximum atomic E-state index is 6.60. The highest BCUT2D eigenvalue weighted by atomic mass is 35.5. The van der Waals surface area contributed by atoms with Gasteiger partial charge in [-0.1, -0.05) is 29.8 Å². The molecule has 2 aromatic rings. The third-order valence-corrected chi connectivity index (χ3v) is 4.06. The fourth-order valence-corrected chi connectivity index (χ4v) is 2.93. The van der Waals surface area contributed by atoms with Crippen molar-refractivity contribution in [1.82, 2.24) is 0 Å². The zero-order valence-electron chi connectivity index (χ0n) is 12.3. The van der Waals surface area contributed by atoms with E-state index in [1.807, 2.05) is 51.1 Å². The van der Waals surface area contributed by atoms with E-state index >= 15 is 0 Å². The second-order valence-corrected chi connectivity index (χ2v) is 5.73. The van der Waals surface area contributed by atoms with Gasteiger partial charge in [0.05, 0.1) is 12.6 Å². The molecule has 20 heavy (non-hydrogen) atoms. The van der Waals surface area contributed by atoms with Crippen molar-refractivity contribution in [2.75, 3.05) is 7.11 Å². The van der Waals surface area contributed by atoms with Gasteiger partial charge in [-0.2, -0.15) is 0 Å². The number of aryl methyl sites for hydroxylation is 2. The van der Waals surface area contributed by atoms with Gasteiger partial charge in [0.15, 0.2) is 0 Å². The van der Waals surface area contributed by atoms with Crippen molar-refractivity contribution in [1.29, 1.82) is 0 Å². The summed E-state index contributed by atoms with van der Waals surface area (Å²) in [6.45, 7) is 6.05. The molecule has 0 spiro atoms. The highest BCUT2D eigenvalue weighted by Crippen LogP contribution is 2.35. The van der Waals surface area contributed by atoms with Gasteiger partial charge in [0, 0.05) is 5.02 Å². The Hall–Kier alpha value is -1.51. The minimum absolute atomic E-state index is 0.639. The summed E-state index contributed by atoms with van der Waals surface area (Å²) in [5, 5.41) is 0.686. The molecule has 2 nitrogen and oxygen atoms in total. The first kappa shape index (κ1) is 14.9. The van der Waals surface area contributed by atoms with Gasteiger partial charge in [-0.15, -0.1) is 0 Å². The standard InChI is InChI=1S/C17H20ClNO/c1-11-10-16(20-4)12(2)9-14(11)17(3,19)13-7-5-6-8-15(13)18/h5-10H,19H2,1-4H3. The summed E-state index contributed by atoms with van der Waals surface area (Å²) < 4.78 is 5.36. The molecule has 1 atom stereocenters. The molecule has 0 aliphatic heterocycles. The SMILES string of the molecule is COc1cc(C)c(C(C)(N)c2ccccc2Cl)cc1C. The van der Waals surface area contributed by atoms with E-state index in [-0.39, 0.29) is 0 Å². The second-order valence-electron chi connectivity index (χ2n) is 5.32. The molecule has 106 valence electrons. The third kappa shape index (κ3) is 2.54. The highest BCUT2D eigenvalue weighted by Gasteiger charge is 2.28. The maximum absolute atomic E-state index is 6.60. The summed E-state index contributed by atoms with van der Waals surface area (Å²) in [5.74, 6) is 0.876. The molecule has 0 bridgehead atoms. The molecule has 2 aromatic carbocycles. The number of methoxy groups -OCH3 is 1. The van der Waals surface area contributed by atoms with Gasteiger partial charge in [0.2, 0.25) is 0 Å². The lowest BCUT2D eigenvalue weighted by Crippen LogP contribution is -2.35. The number of hydrogen-bond donors (Lipinski definition) is 1. The molecule has 0 amide bonds. The third-order valence-electron chi connectivity index (χ3n) is 3.73. The topological polar surface area (TPSA) is 35.2 Å². The Morgan fingerprint density at radius 2 is 1.70 bits per heavy atom. The molecule has 0 fully saturated rings. The van der Waals surface area contributed by atoms with Gasteiger partial charge in [-0.05, 0) is 61.2 Å². The van der Waals surface area contributed by atoms with Crippen molar-refractivity contribution in [3.63, 3.8) is 0 Å².